The zero-order valence-electron chi connectivity index (χ0n) is 7.88. The predicted molar refractivity (Wildman–Crippen MR) is 54.1 cm³/mol. The lowest BCUT2D eigenvalue weighted by atomic mass is 10.2. The number of rotatable bonds is 4. The maximum absolute atomic E-state index is 5.13. The smallest absolute Gasteiger partial charge is 0.0570 e. The Hall–Kier alpha value is -1.33. The van der Waals surface area contributed by atoms with Gasteiger partial charge in [-0.1, -0.05) is 6.07 Å². The van der Waals surface area contributed by atoms with E-state index in [0.29, 0.717) is 0 Å². The van der Waals surface area contributed by atoms with Crippen LogP contribution in [0.2, 0.25) is 0 Å². The van der Waals surface area contributed by atoms with Gasteiger partial charge in [0.05, 0.1) is 5.69 Å². The number of aromatic nitrogens is 1. The van der Waals surface area contributed by atoms with Crippen LogP contribution in [-0.2, 0) is 6.54 Å². The average molecular weight is 174 g/mol. The van der Waals surface area contributed by atoms with E-state index in [0.717, 1.165) is 25.2 Å². The van der Waals surface area contributed by atoms with Gasteiger partial charge < -0.3 is 5.32 Å². The van der Waals surface area contributed by atoms with E-state index in [9.17, 15) is 0 Å². The van der Waals surface area contributed by atoms with Crippen molar-refractivity contribution in [3.8, 4) is 12.3 Å². The van der Waals surface area contributed by atoms with Crippen LogP contribution >= 0.6 is 0 Å². The molecular formula is C11H14N2. The number of aryl methyl sites for hydroxylation is 1. The summed E-state index contributed by atoms with van der Waals surface area (Å²) in [5.74, 6) is 2.59. The molecule has 0 fully saturated rings. The van der Waals surface area contributed by atoms with Crippen LogP contribution in [0.15, 0.2) is 18.3 Å². The minimum atomic E-state index is 0.770. The van der Waals surface area contributed by atoms with Gasteiger partial charge in [0.25, 0.3) is 0 Å². The molecule has 1 aromatic rings. The van der Waals surface area contributed by atoms with Gasteiger partial charge in [0, 0.05) is 25.7 Å². The number of pyridine rings is 1. The summed E-state index contributed by atoms with van der Waals surface area (Å²) in [5, 5.41) is 3.24. The molecule has 0 saturated heterocycles. The Balaban J connectivity index is 2.37. The SMILES string of the molecule is C#CCCNCc1ncccc1C. The van der Waals surface area contributed by atoms with Crippen molar-refractivity contribution in [1.29, 1.82) is 0 Å². The molecule has 0 aliphatic rings. The first-order valence-corrected chi connectivity index (χ1v) is 4.39. The van der Waals surface area contributed by atoms with Crippen LogP contribution in [0, 0.1) is 19.3 Å². The van der Waals surface area contributed by atoms with Gasteiger partial charge in [0.2, 0.25) is 0 Å². The molecule has 0 amide bonds. The second-order valence-electron chi connectivity index (χ2n) is 2.90. The second-order valence-corrected chi connectivity index (χ2v) is 2.90. The summed E-state index contributed by atoms with van der Waals surface area (Å²) >= 11 is 0. The van der Waals surface area contributed by atoms with Crippen LogP contribution in [0.1, 0.15) is 17.7 Å². The van der Waals surface area contributed by atoms with Crippen molar-refractivity contribution < 1.29 is 0 Å². The third kappa shape index (κ3) is 3.27. The standard InChI is InChI=1S/C11H14N2/c1-3-4-7-12-9-11-10(2)6-5-8-13-11/h1,5-6,8,12H,4,7,9H2,2H3. The molecule has 0 atom stereocenters. The van der Waals surface area contributed by atoms with Crippen molar-refractivity contribution in [2.24, 2.45) is 0 Å². The van der Waals surface area contributed by atoms with Crippen molar-refractivity contribution in [1.82, 2.24) is 10.3 Å². The van der Waals surface area contributed by atoms with E-state index in [4.69, 9.17) is 6.42 Å². The molecule has 1 rings (SSSR count). The van der Waals surface area contributed by atoms with E-state index in [2.05, 4.69) is 29.2 Å². The van der Waals surface area contributed by atoms with Crippen molar-refractivity contribution in [3.05, 3.63) is 29.6 Å². The molecule has 13 heavy (non-hydrogen) atoms. The maximum Gasteiger partial charge on any atom is 0.0570 e. The minimum absolute atomic E-state index is 0.770. The molecule has 0 aliphatic carbocycles. The summed E-state index contributed by atoms with van der Waals surface area (Å²) < 4.78 is 0. The van der Waals surface area contributed by atoms with Crippen molar-refractivity contribution in [3.63, 3.8) is 0 Å². The molecule has 0 unspecified atom stereocenters. The Bertz CT molecular complexity index is 299. The lowest BCUT2D eigenvalue weighted by Gasteiger charge is -2.04. The molecule has 2 heteroatoms. The normalized spacial score (nSPS) is 9.54. The molecule has 0 bridgehead atoms. The number of hydrogen-bond donors (Lipinski definition) is 1. The van der Waals surface area contributed by atoms with Crippen LogP contribution in [0.4, 0.5) is 0 Å². The van der Waals surface area contributed by atoms with Gasteiger partial charge in [-0.05, 0) is 18.6 Å². The monoisotopic (exact) mass is 174 g/mol. The van der Waals surface area contributed by atoms with E-state index >= 15 is 0 Å². The molecule has 1 heterocycles. The summed E-state index contributed by atoms with van der Waals surface area (Å²) in [6, 6.07) is 4.01. The fraction of sp³-hybridized carbons (Fsp3) is 0.364. The Labute approximate surface area is 79.4 Å². The third-order valence-electron chi connectivity index (χ3n) is 1.86. The van der Waals surface area contributed by atoms with E-state index in [1.165, 1.54) is 5.56 Å². The van der Waals surface area contributed by atoms with Crippen molar-refractivity contribution in [2.45, 2.75) is 19.9 Å². The van der Waals surface area contributed by atoms with Crippen LogP contribution in [0.5, 0.6) is 0 Å². The number of nitrogens with one attached hydrogen (secondary N) is 1. The van der Waals surface area contributed by atoms with E-state index < -0.39 is 0 Å². The maximum atomic E-state index is 5.13. The predicted octanol–water partition coefficient (Wildman–Crippen LogP) is 1.50. The first-order valence-electron chi connectivity index (χ1n) is 4.39. The summed E-state index contributed by atoms with van der Waals surface area (Å²) in [5.41, 5.74) is 2.32. The molecule has 0 spiro atoms. The second kappa shape index (κ2) is 5.34. The zero-order valence-corrected chi connectivity index (χ0v) is 7.88. The number of nitrogens with zero attached hydrogens (tertiary/aromatic N) is 1. The van der Waals surface area contributed by atoms with Gasteiger partial charge in [-0.3, -0.25) is 4.98 Å². The number of hydrogen-bond acceptors (Lipinski definition) is 2. The third-order valence-corrected chi connectivity index (χ3v) is 1.86. The summed E-state index contributed by atoms with van der Waals surface area (Å²) in [7, 11) is 0. The van der Waals surface area contributed by atoms with Crippen LogP contribution in [0.3, 0.4) is 0 Å². The molecule has 1 aromatic heterocycles. The molecule has 2 nitrogen and oxygen atoms in total. The van der Waals surface area contributed by atoms with Crippen LogP contribution < -0.4 is 5.32 Å². The fourth-order valence-corrected chi connectivity index (χ4v) is 1.07. The summed E-state index contributed by atoms with van der Waals surface area (Å²) in [6.45, 7) is 3.71. The molecule has 68 valence electrons. The molecule has 0 saturated carbocycles. The Morgan fingerprint density at radius 2 is 2.46 bits per heavy atom. The molecule has 0 radical (unpaired) electrons. The topological polar surface area (TPSA) is 24.9 Å². The minimum Gasteiger partial charge on any atom is -0.310 e. The average Bonchev–Trinajstić information content (AvgIpc) is 2.15. The molecule has 1 N–H and O–H groups in total. The highest BCUT2D eigenvalue weighted by molar-refractivity contribution is 5.17. The highest BCUT2D eigenvalue weighted by Crippen LogP contribution is 2.01. The van der Waals surface area contributed by atoms with E-state index in [1.807, 2.05) is 12.3 Å². The lowest BCUT2D eigenvalue weighted by Crippen LogP contribution is -2.15. The Morgan fingerprint density at radius 1 is 1.62 bits per heavy atom. The van der Waals surface area contributed by atoms with Gasteiger partial charge >= 0.3 is 0 Å². The van der Waals surface area contributed by atoms with Crippen molar-refractivity contribution >= 4 is 0 Å². The zero-order chi connectivity index (χ0) is 9.52. The first-order chi connectivity index (χ1) is 6.34. The number of terminal acetylenes is 1. The fourth-order valence-electron chi connectivity index (χ4n) is 1.07. The molecular weight excluding hydrogens is 160 g/mol. The Kier molecular flexibility index (Phi) is 4.01. The quantitative estimate of drug-likeness (QED) is 0.552. The highest BCUT2D eigenvalue weighted by Gasteiger charge is 1.96. The van der Waals surface area contributed by atoms with Gasteiger partial charge in [-0.2, -0.15) is 0 Å². The van der Waals surface area contributed by atoms with Crippen LogP contribution in [-0.4, -0.2) is 11.5 Å². The molecule has 0 aliphatic heterocycles. The van der Waals surface area contributed by atoms with Crippen LogP contribution in [0.25, 0.3) is 0 Å². The van der Waals surface area contributed by atoms with E-state index in [-0.39, 0.29) is 0 Å². The van der Waals surface area contributed by atoms with Gasteiger partial charge in [0.15, 0.2) is 0 Å². The van der Waals surface area contributed by atoms with Gasteiger partial charge in [0.1, 0.15) is 0 Å². The lowest BCUT2D eigenvalue weighted by molar-refractivity contribution is 0.684. The largest absolute Gasteiger partial charge is 0.310 e. The first kappa shape index (κ1) is 9.76. The van der Waals surface area contributed by atoms with Gasteiger partial charge in [-0.25, -0.2) is 0 Å². The Morgan fingerprint density at radius 3 is 3.15 bits per heavy atom. The highest BCUT2D eigenvalue weighted by atomic mass is 14.9. The molecule has 0 aromatic carbocycles. The summed E-state index contributed by atoms with van der Waals surface area (Å²) in [6.07, 6.45) is 7.71. The van der Waals surface area contributed by atoms with E-state index in [1.54, 1.807) is 0 Å². The van der Waals surface area contributed by atoms with Gasteiger partial charge in [-0.15, -0.1) is 12.3 Å². The van der Waals surface area contributed by atoms with Crippen molar-refractivity contribution in [2.75, 3.05) is 6.54 Å². The summed E-state index contributed by atoms with van der Waals surface area (Å²) in [4.78, 5) is 4.26.